The van der Waals surface area contributed by atoms with Crippen LogP contribution in [-0.2, 0) is 27.8 Å². The van der Waals surface area contributed by atoms with E-state index in [1.807, 2.05) is 19.9 Å². The van der Waals surface area contributed by atoms with Crippen LogP contribution in [0.15, 0.2) is 23.1 Å². The average molecular weight is 311 g/mol. The van der Waals surface area contributed by atoms with Gasteiger partial charge in [-0.2, -0.15) is 0 Å². The Hall–Kier alpha value is -1.44. The van der Waals surface area contributed by atoms with Crippen molar-refractivity contribution in [3.05, 3.63) is 29.3 Å². The molecule has 0 fully saturated rings. The largest absolute Gasteiger partial charge is 0.353 e. The van der Waals surface area contributed by atoms with E-state index in [9.17, 15) is 13.2 Å². The summed E-state index contributed by atoms with van der Waals surface area (Å²) in [5.74, 6) is -0.333. The smallest absolute Gasteiger partial charge is 0.241 e. The van der Waals surface area contributed by atoms with Crippen molar-refractivity contribution in [3.8, 4) is 0 Å². The minimum Gasteiger partial charge on any atom is -0.353 e. The van der Waals surface area contributed by atoms with Crippen LogP contribution in [0.4, 0.5) is 0 Å². The Labute approximate surface area is 125 Å². The summed E-state index contributed by atoms with van der Waals surface area (Å²) in [4.78, 5) is 11.8. The normalized spacial score (nSPS) is 14.8. The molecular formula is C14H21N3O3S. The van der Waals surface area contributed by atoms with Gasteiger partial charge in [0.15, 0.2) is 0 Å². The summed E-state index contributed by atoms with van der Waals surface area (Å²) in [7, 11) is -3.67. The zero-order chi connectivity index (χ0) is 15.5. The highest BCUT2D eigenvalue weighted by Crippen LogP contribution is 2.22. The molecule has 1 heterocycles. The fourth-order valence-corrected chi connectivity index (χ4v) is 3.65. The van der Waals surface area contributed by atoms with E-state index in [4.69, 9.17) is 0 Å². The fraction of sp³-hybridized carbons (Fsp3) is 0.500. The second-order valence-corrected chi connectivity index (χ2v) is 7.10. The number of amides is 1. The molecule has 0 bridgehead atoms. The van der Waals surface area contributed by atoms with Crippen LogP contribution in [0, 0.1) is 0 Å². The van der Waals surface area contributed by atoms with E-state index >= 15 is 0 Å². The second-order valence-electron chi connectivity index (χ2n) is 5.37. The number of rotatable bonds is 5. The molecular weight excluding hydrogens is 290 g/mol. The van der Waals surface area contributed by atoms with Crippen molar-refractivity contribution >= 4 is 15.9 Å². The summed E-state index contributed by atoms with van der Waals surface area (Å²) in [6.07, 6.45) is 0.671. The van der Waals surface area contributed by atoms with Crippen LogP contribution in [0.2, 0.25) is 0 Å². The second kappa shape index (κ2) is 6.55. The van der Waals surface area contributed by atoms with Gasteiger partial charge >= 0.3 is 0 Å². The monoisotopic (exact) mass is 311 g/mol. The zero-order valence-electron chi connectivity index (χ0n) is 12.3. The van der Waals surface area contributed by atoms with Gasteiger partial charge in [0.2, 0.25) is 15.9 Å². The fourth-order valence-electron chi connectivity index (χ4n) is 2.36. The van der Waals surface area contributed by atoms with Crippen molar-refractivity contribution in [2.45, 2.75) is 37.8 Å². The maximum absolute atomic E-state index is 12.4. The number of carbonyl (C=O) groups excluding carboxylic acids is 1. The van der Waals surface area contributed by atoms with Gasteiger partial charge in [-0.15, -0.1) is 0 Å². The van der Waals surface area contributed by atoms with E-state index in [1.165, 1.54) is 0 Å². The standard InChI is InChI=1S/C14H21N3O3S/c1-10(2)17-14(18)9-16-21(19,20)13-5-3-4-11-8-15-7-6-12(11)13/h3-5,10,15-16H,6-9H2,1-2H3,(H,17,18). The number of fused-ring (bicyclic) bond motifs is 1. The number of hydrogen-bond acceptors (Lipinski definition) is 4. The first kappa shape index (κ1) is 15.9. The predicted octanol–water partition coefficient (Wildman–Crippen LogP) is 0.135. The Morgan fingerprint density at radius 3 is 2.86 bits per heavy atom. The molecule has 3 N–H and O–H groups in total. The van der Waals surface area contributed by atoms with Crippen molar-refractivity contribution in [2.75, 3.05) is 13.1 Å². The molecule has 1 aliphatic heterocycles. The lowest BCUT2D eigenvalue weighted by atomic mass is 10.0. The highest BCUT2D eigenvalue weighted by Gasteiger charge is 2.22. The van der Waals surface area contributed by atoms with Crippen molar-refractivity contribution in [1.29, 1.82) is 0 Å². The molecule has 21 heavy (non-hydrogen) atoms. The van der Waals surface area contributed by atoms with E-state index in [0.717, 1.165) is 17.7 Å². The number of hydrogen-bond donors (Lipinski definition) is 3. The van der Waals surface area contributed by atoms with Crippen LogP contribution in [-0.4, -0.2) is 33.5 Å². The number of benzene rings is 1. The molecule has 116 valence electrons. The number of sulfonamides is 1. The van der Waals surface area contributed by atoms with Crippen molar-refractivity contribution in [3.63, 3.8) is 0 Å². The molecule has 1 amide bonds. The lowest BCUT2D eigenvalue weighted by molar-refractivity contribution is -0.120. The first-order valence-corrected chi connectivity index (χ1v) is 8.49. The van der Waals surface area contributed by atoms with Gasteiger partial charge < -0.3 is 10.6 Å². The van der Waals surface area contributed by atoms with E-state index in [-0.39, 0.29) is 23.4 Å². The molecule has 6 nitrogen and oxygen atoms in total. The molecule has 0 saturated carbocycles. The van der Waals surface area contributed by atoms with Crippen molar-refractivity contribution in [2.24, 2.45) is 0 Å². The predicted molar refractivity (Wildman–Crippen MR) is 80.3 cm³/mol. The molecule has 0 aliphatic carbocycles. The lowest BCUT2D eigenvalue weighted by Crippen LogP contribution is -2.40. The van der Waals surface area contributed by atoms with Gasteiger partial charge in [0.25, 0.3) is 0 Å². The molecule has 0 aromatic heterocycles. The molecule has 0 spiro atoms. The molecule has 2 rings (SSSR count). The van der Waals surface area contributed by atoms with E-state index < -0.39 is 10.0 Å². The average Bonchev–Trinajstić information content (AvgIpc) is 2.44. The lowest BCUT2D eigenvalue weighted by Gasteiger charge is -2.20. The van der Waals surface area contributed by atoms with Crippen molar-refractivity contribution in [1.82, 2.24) is 15.4 Å². The summed E-state index contributed by atoms with van der Waals surface area (Å²) in [5.41, 5.74) is 1.84. The van der Waals surface area contributed by atoms with E-state index in [0.29, 0.717) is 13.0 Å². The third-order valence-electron chi connectivity index (χ3n) is 3.26. The Bertz CT molecular complexity index is 626. The molecule has 1 aromatic carbocycles. The third-order valence-corrected chi connectivity index (χ3v) is 4.75. The Morgan fingerprint density at radius 2 is 2.14 bits per heavy atom. The van der Waals surface area contributed by atoms with Gasteiger partial charge in [-0.05, 0) is 44.0 Å². The highest BCUT2D eigenvalue weighted by molar-refractivity contribution is 7.89. The number of nitrogens with one attached hydrogen (secondary N) is 3. The maximum Gasteiger partial charge on any atom is 0.241 e. The molecule has 0 radical (unpaired) electrons. The summed E-state index contributed by atoms with van der Waals surface area (Å²) >= 11 is 0. The maximum atomic E-state index is 12.4. The van der Waals surface area contributed by atoms with Crippen LogP contribution >= 0.6 is 0 Å². The van der Waals surface area contributed by atoms with E-state index in [1.54, 1.807) is 12.1 Å². The Balaban J connectivity index is 2.15. The van der Waals surface area contributed by atoms with Gasteiger partial charge in [0.05, 0.1) is 11.4 Å². The van der Waals surface area contributed by atoms with Gasteiger partial charge in [-0.25, -0.2) is 13.1 Å². The van der Waals surface area contributed by atoms with Crippen LogP contribution < -0.4 is 15.4 Å². The molecule has 0 atom stereocenters. The van der Waals surface area contributed by atoms with Crippen LogP contribution in [0.3, 0.4) is 0 Å². The molecule has 0 unspecified atom stereocenters. The number of carbonyl (C=O) groups is 1. The Morgan fingerprint density at radius 1 is 1.38 bits per heavy atom. The molecule has 0 saturated heterocycles. The van der Waals surface area contributed by atoms with Gasteiger partial charge in [-0.1, -0.05) is 12.1 Å². The van der Waals surface area contributed by atoms with Gasteiger partial charge in [-0.3, -0.25) is 4.79 Å². The minimum absolute atomic E-state index is 0.0161. The van der Waals surface area contributed by atoms with Crippen LogP contribution in [0.5, 0.6) is 0 Å². The van der Waals surface area contributed by atoms with Gasteiger partial charge in [0, 0.05) is 12.6 Å². The Kier molecular flexibility index (Phi) is 4.97. The highest BCUT2D eigenvalue weighted by atomic mass is 32.2. The molecule has 7 heteroatoms. The first-order valence-electron chi connectivity index (χ1n) is 7.00. The summed E-state index contributed by atoms with van der Waals surface area (Å²) in [6.45, 7) is 4.84. The summed E-state index contributed by atoms with van der Waals surface area (Å²) < 4.78 is 27.1. The van der Waals surface area contributed by atoms with E-state index in [2.05, 4.69) is 15.4 Å². The summed E-state index contributed by atoms with van der Waals surface area (Å²) in [6, 6.07) is 5.23. The quantitative estimate of drug-likeness (QED) is 0.721. The zero-order valence-corrected chi connectivity index (χ0v) is 13.1. The minimum atomic E-state index is -3.67. The van der Waals surface area contributed by atoms with Crippen molar-refractivity contribution < 1.29 is 13.2 Å². The topological polar surface area (TPSA) is 87.3 Å². The SMILES string of the molecule is CC(C)NC(=O)CNS(=O)(=O)c1cccc2c1CCNC2. The van der Waals surface area contributed by atoms with Gasteiger partial charge in [0.1, 0.15) is 0 Å². The summed E-state index contributed by atoms with van der Waals surface area (Å²) in [5, 5.41) is 5.87. The third kappa shape index (κ3) is 4.03. The van der Waals surface area contributed by atoms with Crippen LogP contribution in [0.25, 0.3) is 0 Å². The molecule has 1 aliphatic rings. The van der Waals surface area contributed by atoms with Crippen LogP contribution in [0.1, 0.15) is 25.0 Å². The first-order chi connectivity index (χ1) is 9.90. The molecule has 1 aromatic rings.